The van der Waals surface area contributed by atoms with Crippen LogP contribution in [-0.2, 0) is 0 Å². The molecular formula is C13H16ClFN2. The van der Waals surface area contributed by atoms with E-state index in [1.165, 1.54) is 31.7 Å². The molecule has 2 unspecified atom stereocenters. The van der Waals surface area contributed by atoms with E-state index in [0.29, 0.717) is 12.0 Å². The number of fused-ring (bicyclic) bond motifs is 2. The second-order valence-electron chi connectivity index (χ2n) is 4.99. The molecule has 1 fully saturated rings. The molecule has 1 saturated carbocycles. The van der Waals surface area contributed by atoms with Crippen LogP contribution < -0.4 is 10.6 Å². The second kappa shape index (κ2) is 4.37. The van der Waals surface area contributed by atoms with E-state index in [1.54, 1.807) is 6.07 Å². The highest BCUT2D eigenvalue weighted by atomic mass is 35.5. The fourth-order valence-electron chi connectivity index (χ4n) is 2.90. The van der Waals surface area contributed by atoms with Crippen molar-refractivity contribution in [1.29, 1.82) is 0 Å². The first-order valence-electron chi connectivity index (χ1n) is 6.23. The van der Waals surface area contributed by atoms with Gasteiger partial charge in [-0.05, 0) is 24.8 Å². The van der Waals surface area contributed by atoms with Gasteiger partial charge in [-0.15, -0.1) is 0 Å². The first-order chi connectivity index (χ1) is 8.24. The number of nitrogens with one attached hydrogen (secondary N) is 2. The Morgan fingerprint density at radius 1 is 1.18 bits per heavy atom. The van der Waals surface area contributed by atoms with Crippen LogP contribution in [0.5, 0.6) is 0 Å². The molecular weight excluding hydrogens is 239 g/mol. The van der Waals surface area contributed by atoms with Crippen molar-refractivity contribution >= 4 is 23.0 Å². The van der Waals surface area contributed by atoms with Gasteiger partial charge in [-0.1, -0.05) is 24.4 Å². The Hall–Kier alpha value is -0.960. The summed E-state index contributed by atoms with van der Waals surface area (Å²) in [5.41, 5.74) is 1.77. The zero-order valence-electron chi connectivity index (χ0n) is 9.60. The first kappa shape index (κ1) is 11.1. The molecule has 2 aliphatic rings. The summed E-state index contributed by atoms with van der Waals surface area (Å²) in [6, 6.07) is 3.65. The van der Waals surface area contributed by atoms with E-state index in [4.69, 9.17) is 11.6 Å². The Morgan fingerprint density at radius 2 is 2.00 bits per heavy atom. The van der Waals surface area contributed by atoms with Gasteiger partial charge in [0.05, 0.1) is 16.4 Å². The number of benzene rings is 1. The van der Waals surface area contributed by atoms with Gasteiger partial charge in [0.1, 0.15) is 5.82 Å². The lowest BCUT2D eigenvalue weighted by Gasteiger charge is -2.30. The van der Waals surface area contributed by atoms with Gasteiger partial charge < -0.3 is 10.6 Å². The Kier molecular flexibility index (Phi) is 2.87. The van der Waals surface area contributed by atoms with Crippen LogP contribution >= 0.6 is 11.6 Å². The molecule has 2 nitrogen and oxygen atoms in total. The van der Waals surface area contributed by atoms with Crippen LogP contribution in [-0.4, -0.2) is 12.6 Å². The molecule has 0 amide bonds. The van der Waals surface area contributed by atoms with Crippen LogP contribution in [0.2, 0.25) is 5.02 Å². The highest BCUT2D eigenvalue weighted by Gasteiger charge is 2.28. The van der Waals surface area contributed by atoms with Crippen LogP contribution in [0.25, 0.3) is 0 Å². The Morgan fingerprint density at radius 3 is 2.88 bits per heavy atom. The summed E-state index contributed by atoms with van der Waals surface area (Å²) < 4.78 is 13.5. The van der Waals surface area contributed by atoms with Crippen LogP contribution in [0.15, 0.2) is 12.1 Å². The molecule has 0 aromatic heterocycles. The topological polar surface area (TPSA) is 24.1 Å². The summed E-state index contributed by atoms with van der Waals surface area (Å²) in [6.45, 7) is 0.951. The minimum atomic E-state index is -0.353. The molecule has 0 bridgehead atoms. The van der Waals surface area contributed by atoms with Crippen molar-refractivity contribution < 1.29 is 4.39 Å². The van der Waals surface area contributed by atoms with Gasteiger partial charge >= 0.3 is 0 Å². The summed E-state index contributed by atoms with van der Waals surface area (Å²) in [5.74, 6) is 0.284. The highest BCUT2D eigenvalue weighted by molar-refractivity contribution is 6.31. The molecule has 3 rings (SSSR count). The molecule has 0 radical (unpaired) electrons. The summed E-state index contributed by atoms with van der Waals surface area (Å²) in [5, 5.41) is 7.03. The van der Waals surface area contributed by atoms with E-state index in [9.17, 15) is 4.39 Å². The zero-order valence-corrected chi connectivity index (χ0v) is 10.4. The van der Waals surface area contributed by atoms with Gasteiger partial charge in [0.25, 0.3) is 0 Å². The summed E-state index contributed by atoms with van der Waals surface area (Å²) in [7, 11) is 0. The SMILES string of the molecule is Fc1cc2c(cc1Cl)NCC1CCCCC1N2. The molecule has 4 heteroatoms. The van der Waals surface area contributed by atoms with Gasteiger partial charge in [0.2, 0.25) is 0 Å². The second-order valence-corrected chi connectivity index (χ2v) is 5.40. The molecule has 2 N–H and O–H groups in total. The molecule has 92 valence electrons. The van der Waals surface area contributed by atoms with E-state index in [0.717, 1.165) is 17.9 Å². The van der Waals surface area contributed by atoms with Gasteiger partial charge in [0.15, 0.2) is 0 Å². The fraction of sp³-hybridized carbons (Fsp3) is 0.538. The molecule has 2 atom stereocenters. The van der Waals surface area contributed by atoms with E-state index in [2.05, 4.69) is 10.6 Å². The molecule has 1 aliphatic heterocycles. The standard InChI is InChI=1S/C13H16ClFN2/c14-9-5-12-13(6-10(9)15)17-11-4-2-1-3-8(11)7-16-12/h5-6,8,11,16-17H,1-4,7H2. The van der Waals surface area contributed by atoms with Crippen molar-refractivity contribution in [2.45, 2.75) is 31.7 Å². The lowest BCUT2D eigenvalue weighted by Crippen LogP contribution is -2.34. The molecule has 0 spiro atoms. The summed E-state index contributed by atoms with van der Waals surface area (Å²) in [6.07, 6.45) is 4.99. The molecule has 0 saturated heterocycles. The summed E-state index contributed by atoms with van der Waals surface area (Å²) >= 11 is 5.81. The number of rotatable bonds is 0. The number of hydrogen-bond acceptors (Lipinski definition) is 2. The van der Waals surface area contributed by atoms with Crippen LogP contribution in [0.3, 0.4) is 0 Å². The van der Waals surface area contributed by atoms with Crippen molar-refractivity contribution in [1.82, 2.24) is 0 Å². The van der Waals surface area contributed by atoms with Gasteiger partial charge in [-0.2, -0.15) is 0 Å². The molecule has 1 aliphatic carbocycles. The van der Waals surface area contributed by atoms with E-state index >= 15 is 0 Å². The monoisotopic (exact) mass is 254 g/mol. The predicted molar refractivity (Wildman–Crippen MR) is 69.3 cm³/mol. The minimum Gasteiger partial charge on any atom is -0.383 e. The maximum atomic E-state index is 13.5. The normalized spacial score (nSPS) is 27.2. The largest absolute Gasteiger partial charge is 0.383 e. The average Bonchev–Trinajstić information content (AvgIpc) is 2.49. The number of halogens is 2. The minimum absolute atomic E-state index is 0.183. The fourth-order valence-corrected chi connectivity index (χ4v) is 3.06. The van der Waals surface area contributed by atoms with Crippen LogP contribution in [0.1, 0.15) is 25.7 Å². The lowest BCUT2D eigenvalue weighted by atomic mass is 9.84. The number of hydrogen-bond donors (Lipinski definition) is 2. The third kappa shape index (κ3) is 2.08. The van der Waals surface area contributed by atoms with Gasteiger partial charge in [-0.25, -0.2) is 4.39 Å². The molecule has 1 heterocycles. The zero-order chi connectivity index (χ0) is 11.8. The highest BCUT2D eigenvalue weighted by Crippen LogP contribution is 2.36. The Balaban J connectivity index is 1.93. The quantitative estimate of drug-likeness (QED) is 0.734. The molecule has 1 aromatic rings. The van der Waals surface area contributed by atoms with Crippen molar-refractivity contribution in [3.63, 3.8) is 0 Å². The molecule has 17 heavy (non-hydrogen) atoms. The van der Waals surface area contributed by atoms with E-state index < -0.39 is 0 Å². The van der Waals surface area contributed by atoms with Gasteiger partial charge in [-0.3, -0.25) is 0 Å². The van der Waals surface area contributed by atoms with E-state index in [-0.39, 0.29) is 10.8 Å². The first-order valence-corrected chi connectivity index (χ1v) is 6.61. The average molecular weight is 255 g/mol. The third-order valence-electron chi connectivity index (χ3n) is 3.87. The Labute approximate surface area is 106 Å². The molecule has 1 aromatic carbocycles. The number of anilines is 2. The predicted octanol–water partition coefficient (Wildman–Crippen LogP) is 3.88. The third-order valence-corrected chi connectivity index (χ3v) is 4.15. The maximum absolute atomic E-state index is 13.5. The smallest absolute Gasteiger partial charge is 0.143 e. The Bertz CT molecular complexity index is 436. The van der Waals surface area contributed by atoms with Gasteiger partial charge in [0, 0.05) is 18.7 Å². The van der Waals surface area contributed by atoms with Crippen LogP contribution in [0, 0.1) is 11.7 Å². The lowest BCUT2D eigenvalue weighted by molar-refractivity contribution is 0.342. The van der Waals surface area contributed by atoms with Crippen molar-refractivity contribution in [3.05, 3.63) is 23.0 Å². The van der Waals surface area contributed by atoms with Crippen molar-refractivity contribution in [3.8, 4) is 0 Å². The summed E-state index contributed by atoms with van der Waals surface area (Å²) in [4.78, 5) is 0. The van der Waals surface area contributed by atoms with E-state index in [1.807, 2.05) is 0 Å². The van der Waals surface area contributed by atoms with Crippen LogP contribution in [0.4, 0.5) is 15.8 Å². The van der Waals surface area contributed by atoms with Crippen molar-refractivity contribution in [2.75, 3.05) is 17.2 Å². The van der Waals surface area contributed by atoms with Crippen molar-refractivity contribution in [2.24, 2.45) is 5.92 Å². The maximum Gasteiger partial charge on any atom is 0.143 e.